The second kappa shape index (κ2) is 11.5. The Kier molecular flexibility index (Phi) is 7.62. The summed E-state index contributed by atoms with van der Waals surface area (Å²) < 4.78 is 38.7. The van der Waals surface area contributed by atoms with Crippen LogP contribution in [0.3, 0.4) is 0 Å². The summed E-state index contributed by atoms with van der Waals surface area (Å²) in [5.41, 5.74) is 5.03. The fourth-order valence-electron chi connectivity index (χ4n) is 5.63. The van der Waals surface area contributed by atoms with E-state index in [1.54, 1.807) is 0 Å². The molecule has 5 heteroatoms. The van der Waals surface area contributed by atoms with Crippen molar-refractivity contribution in [1.82, 2.24) is 0 Å². The van der Waals surface area contributed by atoms with Crippen LogP contribution in [0.25, 0.3) is 22.3 Å². The molecule has 0 fully saturated rings. The van der Waals surface area contributed by atoms with Crippen LogP contribution in [0, 0.1) is 6.92 Å². The molecule has 0 saturated heterocycles. The zero-order valence-corrected chi connectivity index (χ0v) is 24.8. The van der Waals surface area contributed by atoms with Crippen LogP contribution in [0.1, 0.15) is 5.56 Å². The first kappa shape index (κ1) is 27.8. The first-order valence-electron chi connectivity index (χ1n) is 13.7. The van der Waals surface area contributed by atoms with Gasteiger partial charge in [-0.05, 0) is 83.3 Å². The summed E-state index contributed by atoms with van der Waals surface area (Å²) in [6.45, 7) is 1.81. The van der Waals surface area contributed by atoms with Gasteiger partial charge in [0.15, 0.2) is 0 Å². The molecule has 0 amide bonds. The van der Waals surface area contributed by atoms with E-state index in [0.29, 0.717) is 5.30 Å². The molecule has 0 spiro atoms. The van der Waals surface area contributed by atoms with Gasteiger partial charge in [0, 0.05) is 0 Å². The third-order valence-corrected chi connectivity index (χ3v) is 13.0. The molecule has 42 heavy (non-hydrogen) atoms. The van der Waals surface area contributed by atoms with Crippen molar-refractivity contribution < 1.29 is 13.0 Å². The lowest BCUT2D eigenvalue weighted by Gasteiger charge is -2.30. The van der Waals surface area contributed by atoms with Gasteiger partial charge < -0.3 is 4.55 Å². The molecule has 0 atom stereocenters. The van der Waals surface area contributed by atoms with Crippen LogP contribution >= 0.6 is 7.26 Å². The van der Waals surface area contributed by atoms with Crippen LogP contribution in [0.15, 0.2) is 163 Å². The van der Waals surface area contributed by atoms with Gasteiger partial charge in [0.25, 0.3) is 0 Å². The normalized spacial score (nSPS) is 11.8. The van der Waals surface area contributed by atoms with Gasteiger partial charge >= 0.3 is 0 Å². The van der Waals surface area contributed by atoms with Gasteiger partial charge in [-0.25, -0.2) is 8.42 Å². The molecule has 0 N–H and O–H groups in total. The maximum atomic E-state index is 12.9. The number of rotatable bonds is 7. The van der Waals surface area contributed by atoms with Gasteiger partial charge in [-0.3, -0.25) is 0 Å². The average molecular weight is 585 g/mol. The fraction of sp³-hybridized carbons (Fsp3) is 0.0270. The van der Waals surface area contributed by atoms with Crippen molar-refractivity contribution in [3.8, 4) is 22.3 Å². The molecular formula is C37H29O3PS. The topological polar surface area (TPSA) is 57.2 Å². The Morgan fingerprint density at radius 3 is 1.29 bits per heavy atom. The lowest BCUT2D eigenvalue weighted by molar-refractivity contribution is 0.463. The minimum absolute atomic E-state index is 0.168. The molecule has 6 aromatic rings. The van der Waals surface area contributed by atoms with Crippen LogP contribution in [0.4, 0.5) is 0 Å². The number of hydrogen-bond acceptors (Lipinski definition) is 3. The molecule has 0 bridgehead atoms. The summed E-state index contributed by atoms with van der Waals surface area (Å²) in [6, 6.07) is 52.3. The molecule has 6 rings (SSSR count). The molecule has 6 aromatic carbocycles. The molecule has 206 valence electrons. The Labute approximate surface area is 248 Å². The van der Waals surface area contributed by atoms with Crippen molar-refractivity contribution in [2.45, 2.75) is 11.8 Å². The zero-order chi connectivity index (χ0) is 29.2. The van der Waals surface area contributed by atoms with Gasteiger partial charge in [-0.1, -0.05) is 109 Å². The largest absolute Gasteiger partial charge is 0.744 e. The monoisotopic (exact) mass is 584 g/mol. The zero-order valence-electron chi connectivity index (χ0n) is 23.1. The molecule has 0 aliphatic heterocycles. The Morgan fingerprint density at radius 2 is 0.857 bits per heavy atom. The lowest BCUT2D eigenvalue weighted by Crippen LogP contribution is -2.40. The number of benzene rings is 6. The molecule has 0 aromatic heterocycles. The SMILES string of the molecule is Cc1ccc([P+](c2ccccc2)(c2ccc(-c3ccccc3)cc2)c2ccc(-c3ccccc3)cc2)c(S(=O)(=O)[O-])c1. The molecule has 0 aliphatic carbocycles. The smallest absolute Gasteiger partial charge is 0.145 e. The van der Waals surface area contributed by atoms with Crippen LogP contribution in [0.5, 0.6) is 0 Å². The summed E-state index contributed by atoms with van der Waals surface area (Å²) in [5.74, 6) is 0. The summed E-state index contributed by atoms with van der Waals surface area (Å²) in [7, 11) is -7.65. The van der Waals surface area contributed by atoms with E-state index in [4.69, 9.17) is 0 Å². The van der Waals surface area contributed by atoms with E-state index in [9.17, 15) is 13.0 Å². The van der Waals surface area contributed by atoms with Crippen molar-refractivity contribution in [3.05, 3.63) is 163 Å². The highest BCUT2D eigenvalue weighted by atomic mass is 32.2. The second-order valence-electron chi connectivity index (χ2n) is 10.3. The van der Waals surface area contributed by atoms with Crippen LogP contribution in [0.2, 0.25) is 0 Å². The van der Waals surface area contributed by atoms with Crippen LogP contribution in [-0.2, 0) is 10.1 Å². The molecular weight excluding hydrogens is 555 g/mol. The molecule has 0 unspecified atom stereocenters. The third-order valence-electron chi connectivity index (χ3n) is 7.61. The second-order valence-corrected chi connectivity index (χ2v) is 15.0. The van der Waals surface area contributed by atoms with E-state index in [1.165, 1.54) is 6.07 Å². The van der Waals surface area contributed by atoms with Gasteiger partial charge in [-0.15, -0.1) is 0 Å². The van der Waals surface area contributed by atoms with E-state index in [2.05, 4.69) is 72.8 Å². The van der Waals surface area contributed by atoms with Gasteiger partial charge in [0.1, 0.15) is 38.6 Å². The Hall–Kier alpha value is -4.34. The first-order valence-corrected chi connectivity index (χ1v) is 16.9. The van der Waals surface area contributed by atoms with E-state index in [1.807, 2.05) is 85.8 Å². The Morgan fingerprint density at radius 1 is 0.476 bits per heavy atom. The van der Waals surface area contributed by atoms with Crippen molar-refractivity contribution in [1.29, 1.82) is 0 Å². The number of aryl methyl sites for hydroxylation is 1. The maximum absolute atomic E-state index is 12.9. The quantitative estimate of drug-likeness (QED) is 0.152. The predicted molar refractivity (Wildman–Crippen MR) is 175 cm³/mol. The van der Waals surface area contributed by atoms with Crippen molar-refractivity contribution in [2.24, 2.45) is 0 Å². The maximum Gasteiger partial charge on any atom is 0.145 e. The van der Waals surface area contributed by atoms with Gasteiger partial charge in [0.05, 0.1) is 4.90 Å². The highest BCUT2D eigenvalue weighted by molar-refractivity contribution is 8.02. The molecule has 0 saturated carbocycles. The minimum atomic E-state index is -4.79. The predicted octanol–water partition coefficient (Wildman–Crippen LogP) is 6.85. The Bertz CT molecular complexity index is 1840. The average Bonchev–Trinajstić information content (AvgIpc) is 3.03. The van der Waals surface area contributed by atoms with E-state index < -0.39 is 17.4 Å². The van der Waals surface area contributed by atoms with Crippen molar-refractivity contribution >= 4 is 38.6 Å². The van der Waals surface area contributed by atoms with E-state index in [0.717, 1.165) is 43.7 Å². The van der Waals surface area contributed by atoms with Crippen LogP contribution in [-0.4, -0.2) is 13.0 Å². The standard InChI is InChI=1S/C37H29O3PS/c1-28-17-26-36(37(27-28)42(38,39)40)41(33-15-9-4-10-16-33,34-22-18-31(19-23-34)29-11-5-2-6-12-29)35-24-20-32(21-25-35)30-13-7-3-8-14-30/h2-27H,1H3. The van der Waals surface area contributed by atoms with Gasteiger partial charge in [-0.2, -0.15) is 0 Å². The molecule has 0 aliphatic rings. The van der Waals surface area contributed by atoms with Crippen LogP contribution < -0.4 is 21.2 Å². The van der Waals surface area contributed by atoms with E-state index >= 15 is 0 Å². The molecule has 0 heterocycles. The Balaban J connectivity index is 1.68. The van der Waals surface area contributed by atoms with Crippen molar-refractivity contribution in [2.75, 3.05) is 0 Å². The summed E-state index contributed by atoms with van der Waals surface area (Å²) in [5, 5.41) is 3.44. The first-order chi connectivity index (χ1) is 20.4. The fourth-order valence-corrected chi connectivity index (χ4v) is 11.3. The summed E-state index contributed by atoms with van der Waals surface area (Å²) in [6.07, 6.45) is 0. The highest BCUT2D eigenvalue weighted by Crippen LogP contribution is 2.55. The lowest BCUT2D eigenvalue weighted by atomic mass is 10.1. The van der Waals surface area contributed by atoms with Gasteiger partial charge in [0.2, 0.25) is 0 Å². The highest BCUT2D eigenvalue weighted by Gasteiger charge is 2.50. The summed E-state index contributed by atoms with van der Waals surface area (Å²) >= 11 is 0. The molecule has 3 nitrogen and oxygen atoms in total. The number of hydrogen-bond donors (Lipinski definition) is 0. The molecule has 0 radical (unpaired) electrons. The van der Waals surface area contributed by atoms with Crippen molar-refractivity contribution in [3.63, 3.8) is 0 Å². The summed E-state index contributed by atoms with van der Waals surface area (Å²) in [4.78, 5) is -0.168. The third kappa shape index (κ3) is 5.21. The van der Waals surface area contributed by atoms with E-state index in [-0.39, 0.29) is 4.90 Å². The minimum Gasteiger partial charge on any atom is -0.744 e.